The molecule has 0 unspecified atom stereocenters. The van der Waals surface area contributed by atoms with E-state index in [1.807, 2.05) is 29.2 Å². The Bertz CT molecular complexity index is 761. The predicted octanol–water partition coefficient (Wildman–Crippen LogP) is 2.62. The van der Waals surface area contributed by atoms with E-state index in [0.29, 0.717) is 6.54 Å². The highest BCUT2D eigenvalue weighted by atomic mass is 35.5. The number of nitrogens with zero attached hydrogens (tertiary/aromatic N) is 1. The number of hydrogen-bond acceptors (Lipinski definition) is 3. The first-order valence-electron chi connectivity index (χ1n) is 7.63. The molecule has 2 aliphatic rings. The fraction of sp³-hybridized carbons (Fsp3) is 0.278. The van der Waals surface area contributed by atoms with Gasteiger partial charge in [-0.25, -0.2) is 0 Å². The smallest absolute Gasteiger partial charge is 0.254 e. The van der Waals surface area contributed by atoms with E-state index in [1.165, 1.54) is 16.7 Å². The van der Waals surface area contributed by atoms with E-state index in [4.69, 9.17) is 0 Å². The molecular weight excluding hydrogens is 312 g/mol. The Morgan fingerprint density at radius 3 is 2.65 bits per heavy atom. The Balaban J connectivity index is 0.00000156. The maximum absolute atomic E-state index is 12.7. The Morgan fingerprint density at radius 1 is 1.00 bits per heavy atom. The fourth-order valence-corrected chi connectivity index (χ4v) is 3.33. The third kappa shape index (κ3) is 2.92. The van der Waals surface area contributed by atoms with Crippen molar-refractivity contribution in [3.05, 3.63) is 64.2 Å². The number of rotatable bonds is 1. The lowest BCUT2D eigenvalue weighted by Gasteiger charge is -2.29. The normalized spacial score (nSPS) is 15.6. The lowest BCUT2D eigenvalue weighted by atomic mass is 9.98. The number of fused-ring (bicyclic) bond motifs is 2. The van der Waals surface area contributed by atoms with Crippen molar-refractivity contribution in [2.45, 2.75) is 26.1 Å². The molecule has 2 aliphatic heterocycles. The zero-order valence-corrected chi connectivity index (χ0v) is 13.5. The van der Waals surface area contributed by atoms with Gasteiger partial charge >= 0.3 is 0 Å². The van der Waals surface area contributed by atoms with E-state index in [1.54, 1.807) is 12.1 Å². The maximum atomic E-state index is 12.7. The van der Waals surface area contributed by atoms with Crippen molar-refractivity contribution >= 4 is 18.3 Å². The number of benzene rings is 2. The third-order valence-electron chi connectivity index (χ3n) is 4.57. The van der Waals surface area contributed by atoms with Gasteiger partial charge in [0, 0.05) is 31.7 Å². The summed E-state index contributed by atoms with van der Waals surface area (Å²) in [5, 5.41) is 12.9. The van der Waals surface area contributed by atoms with Crippen LogP contribution in [0.1, 0.15) is 32.6 Å². The van der Waals surface area contributed by atoms with Gasteiger partial charge in [0.1, 0.15) is 5.75 Å². The van der Waals surface area contributed by atoms with Gasteiger partial charge in [0.15, 0.2) is 0 Å². The standard InChI is InChI=1S/C18H18N2O2.ClH/c21-17-4-3-12-5-6-20(11-16(12)8-17)18(22)13-1-2-14-9-19-10-15(14)7-13;/h1-4,7-8,19,21H,5-6,9-11H2;1H. The van der Waals surface area contributed by atoms with Crippen LogP contribution in [0.5, 0.6) is 5.75 Å². The first-order valence-corrected chi connectivity index (χ1v) is 7.63. The molecule has 2 aromatic carbocycles. The van der Waals surface area contributed by atoms with Crippen LogP contribution in [0, 0.1) is 0 Å². The highest BCUT2D eigenvalue weighted by Crippen LogP contribution is 2.25. The van der Waals surface area contributed by atoms with Crippen LogP contribution in [0.2, 0.25) is 0 Å². The van der Waals surface area contributed by atoms with Crippen LogP contribution in [-0.2, 0) is 26.1 Å². The van der Waals surface area contributed by atoms with E-state index in [-0.39, 0.29) is 24.1 Å². The molecule has 0 fully saturated rings. The number of phenols is 1. The van der Waals surface area contributed by atoms with Crippen LogP contribution >= 0.6 is 12.4 Å². The number of halogens is 1. The van der Waals surface area contributed by atoms with Gasteiger partial charge in [0.2, 0.25) is 0 Å². The Labute approximate surface area is 141 Å². The summed E-state index contributed by atoms with van der Waals surface area (Å²) in [6.45, 7) is 3.02. The van der Waals surface area contributed by atoms with Gasteiger partial charge < -0.3 is 15.3 Å². The topological polar surface area (TPSA) is 52.6 Å². The summed E-state index contributed by atoms with van der Waals surface area (Å²) < 4.78 is 0. The predicted molar refractivity (Wildman–Crippen MR) is 90.8 cm³/mol. The molecule has 0 saturated carbocycles. The maximum Gasteiger partial charge on any atom is 0.254 e. The van der Waals surface area contributed by atoms with Crippen LogP contribution < -0.4 is 5.32 Å². The molecule has 1 amide bonds. The number of carbonyl (C=O) groups excluding carboxylic acids is 1. The molecule has 0 saturated heterocycles. The van der Waals surface area contributed by atoms with Crippen molar-refractivity contribution in [3.8, 4) is 5.75 Å². The molecule has 4 rings (SSSR count). The monoisotopic (exact) mass is 330 g/mol. The molecule has 5 heteroatoms. The van der Waals surface area contributed by atoms with Crippen molar-refractivity contribution in [3.63, 3.8) is 0 Å². The molecule has 120 valence electrons. The minimum atomic E-state index is 0. The molecule has 2 aromatic rings. The number of amides is 1. The van der Waals surface area contributed by atoms with E-state index < -0.39 is 0 Å². The average molecular weight is 331 g/mol. The van der Waals surface area contributed by atoms with Crippen LogP contribution in [-0.4, -0.2) is 22.5 Å². The van der Waals surface area contributed by atoms with Crippen molar-refractivity contribution in [1.82, 2.24) is 10.2 Å². The highest BCUT2D eigenvalue weighted by molar-refractivity contribution is 5.94. The number of phenolic OH excluding ortho intramolecular Hbond substituents is 1. The number of nitrogens with one attached hydrogen (secondary N) is 1. The summed E-state index contributed by atoms with van der Waals surface area (Å²) in [7, 11) is 0. The number of carbonyl (C=O) groups is 1. The average Bonchev–Trinajstić information content (AvgIpc) is 3.01. The van der Waals surface area contributed by atoms with Crippen LogP contribution in [0.25, 0.3) is 0 Å². The van der Waals surface area contributed by atoms with E-state index in [9.17, 15) is 9.90 Å². The number of aromatic hydroxyl groups is 1. The molecule has 23 heavy (non-hydrogen) atoms. The first-order chi connectivity index (χ1) is 10.7. The molecule has 2 N–H and O–H groups in total. The summed E-state index contributed by atoms with van der Waals surface area (Å²) >= 11 is 0. The molecule has 0 spiro atoms. The summed E-state index contributed by atoms with van der Waals surface area (Å²) in [6, 6.07) is 11.4. The summed E-state index contributed by atoms with van der Waals surface area (Å²) in [5.41, 5.74) is 5.53. The van der Waals surface area contributed by atoms with Gasteiger partial charge in [-0.1, -0.05) is 12.1 Å². The quantitative estimate of drug-likeness (QED) is 0.845. The van der Waals surface area contributed by atoms with Gasteiger partial charge in [0.05, 0.1) is 0 Å². The largest absolute Gasteiger partial charge is 0.508 e. The zero-order chi connectivity index (χ0) is 15.1. The second-order valence-corrected chi connectivity index (χ2v) is 6.02. The zero-order valence-electron chi connectivity index (χ0n) is 12.7. The van der Waals surface area contributed by atoms with E-state index in [0.717, 1.165) is 37.2 Å². The van der Waals surface area contributed by atoms with Gasteiger partial charge in [-0.3, -0.25) is 4.79 Å². The molecule has 2 heterocycles. The van der Waals surface area contributed by atoms with Gasteiger partial charge in [0.25, 0.3) is 5.91 Å². The first kappa shape index (κ1) is 15.8. The molecule has 0 aliphatic carbocycles. The molecule has 0 atom stereocenters. The molecular formula is C18H19ClN2O2. The van der Waals surface area contributed by atoms with Crippen molar-refractivity contribution in [1.29, 1.82) is 0 Å². The second kappa shape index (κ2) is 6.22. The van der Waals surface area contributed by atoms with Crippen LogP contribution in [0.15, 0.2) is 36.4 Å². The van der Waals surface area contributed by atoms with Gasteiger partial charge in [-0.05, 0) is 52.9 Å². The number of hydrogen-bond donors (Lipinski definition) is 2. The second-order valence-electron chi connectivity index (χ2n) is 6.02. The Hall–Kier alpha value is -2.04. The summed E-state index contributed by atoms with van der Waals surface area (Å²) in [4.78, 5) is 14.6. The third-order valence-corrected chi connectivity index (χ3v) is 4.57. The van der Waals surface area contributed by atoms with Crippen LogP contribution in [0.3, 0.4) is 0 Å². The van der Waals surface area contributed by atoms with Crippen molar-refractivity contribution < 1.29 is 9.90 Å². The Morgan fingerprint density at radius 2 is 1.78 bits per heavy atom. The fourth-order valence-electron chi connectivity index (χ4n) is 3.33. The van der Waals surface area contributed by atoms with Gasteiger partial charge in [-0.15, -0.1) is 12.4 Å². The minimum Gasteiger partial charge on any atom is -0.508 e. The minimum absolute atomic E-state index is 0. The SMILES string of the molecule is Cl.O=C(c1ccc2c(c1)CNC2)N1CCc2ccc(O)cc2C1. The van der Waals surface area contributed by atoms with Crippen molar-refractivity contribution in [2.75, 3.05) is 6.54 Å². The lowest BCUT2D eigenvalue weighted by molar-refractivity contribution is 0.0734. The highest BCUT2D eigenvalue weighted by Gasteiger charge is 2.23. The molecule has 0 radical (unpaired) electrons. The molecule has 4 nitrogen and oxygen atoms in total. The van der Waals surface area contributed by atoms with Gasteiger partial charge in [-0.2, -0.15) is 0 Å². The lowest BCUT2D eigenvalue weighted by Crippen LogP contribution is -2.36. The summed E-state index contributed by atoms with van der Waals surface area (Å²) in [6.07, 6.45) is 0.841. The molecule has 0 bridgehead atoms. The van der Waals surface area contributed by atoms with E-state index in [2.05, 4.69) is 5.32 Å². The Kier molecular flexibility index (Phi) is 4.28. The molecule has 0 aromatic heterocycles. The van der Waals surface area contributed by atoms with E-state index >= 15 is 0 Å². The van der Waals surface area contributed by atoms with Crippen LogP contribution in [0.4, 0.5) is 0 Å². The summed E-state index contributed by atoms with van der Waals surface area (Å²) in [5.74, 6) is 0.334. The van der Waals surface area contributed by atoms with Crippen molar-refractivity contribution in [2.24, 2.45) is 0 Å².